The number of carbonyl (C=O) groups is 7. The normalized spacial score (nSPS) is 17.7. The molecule has 2 unspecified atom stereocenters. The molecule has 0 bridgehead atoms. The Morgan fingerprint density at radius 2 is 1.60 bits per heavy atom. The van der Waals surface area contributed by atoms with Gasteiger partial charge in [0.2, 0.25) is 17.7 Å². The van der Waals surface area contributed by atoms with Gasteiger partial charge in [-0.3, -0.25) is 33.6 Å². The van der Waals surface area contributed by atoms with E-state index in [4.69, 9.17) is 18.7 Å². The molecular weight excluding hydrogens is 1080 g/mol. The van der Waals surface area contributed by atoms with Crippen LogP contribution >= 0.6 is 11.3 Å². The minimum absolute atomic E-state index is 0.0343. The number of likely N-dealkylation sites (tertiary alicyclic amines) is 1. The third-order valence-corrected chi connectivity index (χ3v) is 15.4. The highest BCUT2D eigenvalue weighted by Gasteiger charge is 2.53. The van der Waals surface area contributed by atoms with Crippen LogP contribution in [0, 0.1) is 12.3 Å². The first kappa shape index (κ1) is 60.3. The zero-order chi connectivity index (χ0) is 58.9. The highest BCUT2D eigenvalue weighted by molar-refractivity contribution is 7.13. The number of fused-ring (bicyclic) bond motifs is 1. The molecule has 22 nitrogen and oxygen atoms in total. The number of hydrogen-bond donors (Lipinski definition) is 7. The molecule has 0 spiro atoms. The van der Waals surface area contributed by atoms with Gasteiger partial charge in [-0.05, 0) is 84.5 Å². The molecule has 1 aliphatic heterocycles. The van der Waals surface area contributed by atoms with Gasteiger partial charge in [-0.1, -0.05) is 62.3 Å². The summed E-state index contributed by atoms with van der Waals surface area (Å²) >= 11 is 1.48. The summed E-state index contributed by atoms with van der Waals surface area (Å²) in [6.07, 6.45) is 0.179. The van der Waals surface area contributed by atoms with Crippen molar-refractivity contribution in [3.8, 4) is 33.3 Å². The Kier molecular flexibility index (Phi) is 19.4. The van der Waals surface area contributed by atoms with Crippen molar-refractivity contribution in [3.05, 3.63) is 106 Å². The summed E-state index contributed by atoms with van der Waals surface area (Å²) < 4.78 is 37.2. The van der Waals surface area contributed by atoms with E-state index >= 15 is 0 Å². The fourth-order valence-corrected chi connectivity index (χ4v) is 10.5. The largest absolute Gasteiger partial charge is 0.507 e. The predicted molar refractivity (Wildman–Crippen MR) is 298 cm³/mol. The first-order valence-corrected chi connectivity index (χ1v) is 28.0. The molecule has 0 radical (unpaired) electrons. The average molecular weight is 1150 g/mol. The number of phenolic OH excluding ortho intramolecular Hbond substituents is 1. The van der Waals surface area contributed by atoms with E-state index in [0.717, 1.165) is 33.7 Å². The Hall–Kier alpha value is -7.80. The number of ether oxygens (including phenoxy) is 3. The second-order valence-corrected chi connectivity index (χ2v) is 22.8. The van der Waals surface area contributed by atoms with E-state index in [9.17, 15) is 48.2 Å². The SMILES string of the molecule is Cc1ncsc1-c1ccc(C(CC(=O)NCCOCCOCCNC(=O)COc2ccc3c(c2)[C@H](NC(=O)c2cc(-c4ccc(C(=O)N(C)C)c(O)c4)on2)CC3)NC(=O)[C@@H]2C[C@@H](O)CN2C(=O)C(NC(=O)C2(F)CC2)C(C)(C)C)cc1. The summed E-state index contributed by atoms with van der Waals surface area (Å²) in [4.78, 5) is 101. The first-order chi connectivity index (χ1) is 39.1. The maximum Gasteiger partial charge on any atom is 0.273 e. The molecule has 3 aromatic carbocycles. The van der Waals surface area contributed by atoms with Gasteiger partial charge in [-0.15, -0.1) is 11.3 Å². The monoisotopic (exact) mass is 1150 g/mol. The van der Waals surface area contributed by atoms with Crippen LogP contribution in [-0.4, -0.2) is 162 Å². The van der Waals surface area contributed by atoms with E-state index in [0.29, 0.717) is 23.3 Å². The third-order valence-electron chi connectivity index (χ3n) is 14.4. The van der Waals surface area contributed by atoms with Crippen LogP contribution in [0.1, 0.15) is 108 Å². The lowest BCUT2D eigenvalue weighted by molar-refractivity contribution is -0.145. The van der Waals surface area contributed by atoms with Gasteiger partial charge in [0.25, 0.3) is 23.6 Å². The van der Waals surface area contributed by atoms with Crippen LogP contribution in [0.2, 0.25) is 0 Å². The molecular formula is C58H70FN9O13S. The fourth-order valence-electron chi connectivity index (χ4n) is 9.67. The Labute approximate surface area is 477 Å². The summed E-state index contributed by atoms with van der Waals surface area (Å²) in [5.41, 5.74) is 3.72. The summed E-state index contributed by atoms with van der Waals surface area (Å²) in [7, 11) is 3.16. The number of phenols is 1. The number of β-amino-alcohol motifs (C(OH)–C–C–N with tert-alkyl or cyclic N) is 1. The van der Waals surface area contributed by atoms with Crippen molar-refractivity contribution in [1.29, 1.82) is 0 Å². The number of amides is 7. The molecule has 7 N–H and O–H groups in total. The second kappa shape index (κ2) is 26.4. The van der Waals surface area contributed by atoms with E-state index < -0.39 is 64.8 Å². The highest BCUT2D eigenvalue weighted by Crippen LogP contribution is 2.41. The van der Waals surface area contributed by atoms with Crippen molar-refractivity contribution in [3.63, 3.8) is 0 Å². The number of carbonyl (C=O) groups excluding carboxylic acids is 7. The number of halogens is 1. The molecule has 3 heterocycles. The molecule has 7 amide bonds. The van der Waals surface area contributed by atoms with Gasteiger partial charge >= 0.3 is 0 Å². The summed E-state index contributed by atoms with van der Waals surface area (Å²) in [5.74, 6) is -3.25. The quantitative estimate of drug-likeness (QED) is 0.0397. The summed E-state index contributed by atoms with van der Waals surface area (Å²) in [6, 6.07) is 15.2. The highest BCUT2D eigenvalue weighted by atomic mass is 32.1. The Balaban J connectivity index is 0.740. The van der Waals surface area contributed by atoms with Crippen LogP contribution in [0.3, 0.4) is 0 Å². The minimum atomic E-state index is -2.03. The van der Waals surface area contributed by atoms with E-state index in [1.54, 1.807) is 58.6 Å². The van der Waals surface area contributed by atoms with Crippen LogP contribution in [0.4, 0.5) is 4.39 Å². The lowest BCUT2D eigenvalue weighted by Crippen LogP contribution is -2.59. The maximum atomic E-state index is 14.7. The predicted octanol–water partition coefficient (Wildman–Crippen LogP) is 4.49. The number of rotatable bonds is 25. The molecule has 438 valence electrons. The van der Waals surface area contributed by atoms with E-state index in [1.165, 1.54) is 39.3 Å². The molecule has 24 heteroatoms. The van der Waals surface area contributed by atoms with Crippen molar-refractivity contribution < 1.29 is 66.9 Å². The Morgan fingerprint density at radius 3 is 2.24 bits per heavy atom. The molecule has 8 rings (SSSR count). The van der Waals surface area contributed by atoms with Crippen molar-refractivity contribution in [2.45, 2.75) is 102 Å². The topological polar surface area (TPSA) is 293 Å². The van der Waals surface area contributed by atoms with Crippen LogP contribution in [0.5, 0.6) is 11.5 Å². The number of nitrogens with zero attached hydrogens (tertiary/aromatic N) is 4. The smallest absolute Gasteiger partial charge is 0.273 e. The number of aryl methyl sites for hydroxylation is 2. The average Bonchev–Trinajstić information content (AvgIpc) is 3.89. The lowest BCUT2D eigenvalue weighted by atomic mass is 9.85. The number of aromatic nitrogens is 2. The van der Waals surface area contributed by atoms with Crippen LogP contribution in [0.25, 0.3) is 21.8 Å². The van der Waals surface area contributed by atoms with Gasteiger partial charge in [0.05, 0.1) is 72.7 Å². The number of aliphatic hydroxyl groups excluding tert-OH is 1. The van der Waals surface area contributed by atoms with Gasteiger partial charge in [0.15, 0.2) is 23.7 Å². The standard InChI is InChI=1S/C58H70FN9O13S/c1-33-50(82-32-62-33)36-9-7-35(8-10-36)43(64-53(74)45-26-38(69)30-68(45)55(76)51(57(2,3)4)65-56(77)58(59)17-18-58)29-48(71)60-19-21-78-23-24-79-22-20-61-49(72)31-80-39-14-11-34-13-16-42(41(34)27-39)63-52(73)44-28-47(81-66-44)37-12-15-40(46(70)25-37)54(75)67(5)6/h7-12,14-15,25,27-28,32,38,42-43,45,51,69-70H,13,16-24,26,29-31H2,1-6H3,(H,60,71)(H,61,72)(H,63,73)(H,64,74)(H,65,77)/t38-,42-,43?,45+,51?/m1/s1. The number of benzene rings is 3. The van der Waals surface area contributed by atoms with Crippen molar-refractivity contribution in [2.24, 2.45) is 5.41 Å². The van der Waals surface area contributed by atoms with Crippen molar-refractivity contribution >= 4 is 52.7 Å². The second-order valence-electron chi connectivity index (χ2n) is 21.9. The Bertz CT molecular complexity index is 3140. The van der Waals surface area contributed by atoms with Crippen molar-refractivity contribution in [2.75, 3.05) is 66.8 Å². The number of aromatic hydroxyl groups is 1. The first-order valence-electron chi connectivity index (χ1n) is 27.1. The Morgan fingerprint density at radius 1 is 0.902 bits per heavy atom. The van der Waals surface area contributed by atoms with Gasteiger partial charge in [0.1, 0.15) is 23.6 Å². The van der Waals surface area contributed by atoms with Crippen LogP contribution in [-0.2, 0) is 39.9 Å². The lowest BCUT2D eigenvalue weighted by Gasteiger charge is -2.36. The molecule has 5 aromatic rings. The van der Waals surface area contributed by atoms with E-state index in [-0.39, 0.29) is 119 Å². The molecule has 2 fully saturated rings. The number of aliphatic hydroxyl groups is 1. The molecule has 82 heavy (non-hydrogen) atoms. The van der Waals surface area contributed by atoms with Gasteiger partial charge in [0, 0.05) is 51.8 Å². The van der Waals surface area contributed by atoms with Crippen LogP contribution in [0.15, 0.2) is 76.8 Å². The molecule has 1 saturated carbocycles. The number of thiazole rings is 1. The van der Waals surface area contributed by atoms with Gasteiger partial charge in [-0.2, -0.15) is 0 Å². The molecule has 1 saturated heterocycles. The van der Waals surface area contributed by atoms with Gasteiger partial charge in [-0.25, -0.2) is 9.37 Å². The molecule has 2 aliphatic carbocycles. The zero-order valence-corrected chi connectivity index (χ0v) is 47.5. The number of nitrogens with one attached hydrogen (secondary N) is 5. The van der Waals surface area contributed by atoms with Crippen molar-refractivity contribution in [1.82, 2.24) is 46.5 Å². The minimum Gasteiger partial charge on any atom is -0.507 e. The third kappa shape index (κ3) is 15.2. The summed E-state index contributed by atoms with van der Waals surface area (Å²) in [6.45, 7) is 7.76. The number of hydrogen-bond acceptors (Lipinski definition) is 16. The zero-order valence-electron chi connectivity index (χ0n) is 46.7. The molecule has 2 aromatic heterocycles. The van der Waals surface area contributed by atoms with E-state index in [2.05, 4.69) is 36.7 Å². The van der Waals surface area contributed by atoms with E-state index in [1.807, 2.05) is 37.3 Å². The number of alkyl halides is 1. The fraction of sp³-hybridized carbons (Fsp3) is 0.466. The van der Waals surface area contributed by atoms with Crippen LogP contribution < -0.4 is 31.3 Å². The maximum absolute atomic E-state index is 14.7. The molecule has 3 aliphatic rings. The summed E-state index contributed by atoms with van der Waals surface area (Å²) in [5, 5.41) is 39.2. The molecule has 5 atom stereocenters. The van der Waals surface area contributed by atoms with Gasteiger partial charge < -0.3 is 65.3 Å².